The summed E-state index contributed by atoms with van der Waals surface area (Å²) in [4.78, 5) is 13.4. The molecule has 1 unspecified atom stereocenters. The molecule has 0 radical (unpaired) electrons. The predicted molar refractivity (Wildman–Crippen MR) is 68.9 cm³/mol. The number of anilines is 1. The maximum atomic E-state index is 11.7. The lowest BCUT2D eigenvalue weighted by atomic mass is 10.1. The van der Waals surface area contributed by atoms with Gasteiger partial charge in [-0.05, 0) is 43.7 Å². The second-order valence-electron chi connectivity index (χ2n) is 4.23. The van der Waals surface area contributed by atoms with Crippen molar-refractivity contribution in [2.24, 2.45) is 5.73 Å². The van der Waals surface area contributed by atoms with Gasteiger partial charge in [-0.3, -0.25) is 4.90 Å². The monoisotopic (exact) mass is 250 g/mol. The molecule has 2 N–H and O–H groups in total. The average Bonchev–Trinajstić information content (AvgIpc) is 2.77. The average molecular weight is 250 g/mol. The van der Waals surface area contributed by atoms with E-state index in [1.54, 1.807) is 12.0 Å². The normalized spacial score (nSPS) is 18.9. The van der Waals surface area contributed by atoms with Gasteiger partial charge in [-0.2, -0.15) is 0 Å². The van der Waals surface area contributed by atoms with Gasteiger partial charge in [0.25, 0.3) is 0 Å². The zero-order valence-electron chi connectivity index (χ0n) is 10.5. The van der Waals surface area contributed by atoms with Crippen LogP contribution in [0.2, 0.25) is 0 Å². The van der Waals surface area contributed by atoms with Crippen molar-refractivity contribution in [3.05, 3.63) is 24.3 Å². The third-order valence-corrected chi connectivity index (χ3v) is 3.05. The molecule has 1 amide bonds. The zero-order chi connectivity index (χ0) is 13.0. The van der Waals surface area contributed by atoms with E-state index in [1.807, 2.05) is 24.3 Å². The van der Waals surface area contributed by atoms with E-state index >= 15 is 0 Å². The number of methoxy groups -OCH3 is 1. The Bertz CT molecular complexity index is 405. The number of carbonyl (C=O) groups excluding carboxylic acids is 1. The largest absolute Gasteiger partial charge is 0.497 e. The van der Waals surface area contributed by atoms with E-state index in [2.05, 4.69) is 0 Å². The Morgan fingerprint density at radius 1 is 1.44 bits per heavy atom. The number of benzene rings is 1. The summed E-state index contributed by atoms with van der Waals surface area (Å²) in [5, 5.41) is 0. The van der Waals surface area contributed by atoms with Gasteiger partial charge < -0.3 is 15.2 Å². The SMILES string of the molecule is COc1ccc(N2C(=O)OCC2CCCN)cc1. The van der Waals surface area contributed by atoms with Gasteiger partial charge in [0, 0.05) is 5.69 Å². The Labute approximate surface area is 106 Å². The molecule has 5 nitrogen and oxygen atoms in total. The fourth-order valence-electron chi connectivity index (χ4n) is 2.09. The number of hydrogen-bond acceptors (Lipinski definition) is 4. The molecule has 1 aliphatic rings. The van der Waals surface area contributed by atoms with Crippen molar-refractivity contribution in [1.29, 1.82) is 0 Å². The van der Waals surface area contributed by atoms with Gasteiger partial charge in [0.1, 0.15) is 12.4 Å². The molecule has 0 aromatic heterocycles. The minimum Gasteiger partial charge on any atom is -0.497 e. The molecule has 1 heterocycles. The molecule has 2 rings (SSSR count). The van der Waals surface area contributed by atoms with Gasteiger partial charge >= 0.3 is 6.09 Å². The number of rotatable bonds is 5. The van der Waals surface area contributed by atoms with Crippen LogP contribution < -0.4 is 15.4 Å². The highest BCUT2D eigenvalue weighted by molar-refractivity contribution is 5.90. The standard InChI is InChI=1S/C13H18N2O3/c1-17-12-6-4-10(5-7-12)15-11(3-2-8-14)9-18-13(15)16/h4-7,11H,2-3,8-9,14H2,1H3. The smallest absolute Gasteiger partial charge is 0.414 e. The van der Waals surface area contributed by atoms with Crippen LogP contribution in [0.15, 0.2) is 24.3 Å². The molecule has 0 saturated carbocycles. The molecule has 1 aliphatic heterocycles. The first kappa shape index (κ1) is 12.7. The van der Waals surface area contributed by atoms with Gasteiger partial charge in [-0.1, -0.05) is 0 Å². The summed E-state index contributed by atoms with van der Waals surface area (Å²) in [6, 6.07) is 7.47. The van der Waals surface area contributed by atoms with Crippen LogP contribution in [0.1, 0.15) is 12.8 Å². The van der Waals surface area contributed by atoms with Crippen molar-refractivity contribution in [3.63, 3.8) is 0 Å². The Hall–Kier alpha value is -1.75. The minimum absolute atomic E-state index is 0.0782. The first-order valence-corrected chi connectivity index (χ1v) is 6.06. The third kappa shape index (κ3) is 2.56. The van der Waals surface area contributed by atoms with Crippen molar-refractivity contribution in [2.45, 2.75) is 18.9 Å². The highest BCUT2D eigenvalue weighted by Gasteiger charge is 2.33. The maximum absolute atomic E-state index is 11.7. The van der Waals surface area contributed by atoms with Crippen LogP contribution in [-0.4, -0.2) is 32.4 Å². The van der Waals surface area contributed by atoms with E-state index in [9.17, 15) is 4.79 Å². The molecule has 98 valence electrons. The summed E-state index contributed by atoms with van der Waals surface area (Å²) in [5.41, 5.74) is 6.34. The number of ether oxygens (including phenoxy) is 2. The Morgan fingerprint density at radius 2 is 2.17 bits per heavy atom. The van der Waals surface area contributed by atoms with E-state index in [4.69, 9.17) is 15.2 Å². The van der Waals surface area contributed by atoms with Crippen molar-refractivity contribution in [2.75, 3.05) is 25.2 Å². The fraction of sp³-hybridized carbons (Fsp3) is 0.462. The van der Waals surface area contributed by atoms with Gasteiger partial charge in [-0.25, -0.2) is 4.79 Å². The molecule has 0 bridgehead atoms. The van der Waals surface area contributed by atoms with Crippen LogP contribution in [0.3, 0.4) is 0 Å². The van der Waals surface area contributed by atoms with E-state index in [-0.39, 0.29) is 12.1 Å². The molecule has 1 aromatic rings. The van der Waals surface area contributed by atoms with Crippen LogP contribution in [0.25, 0.3) is 0 Å². The lowest BCUT2D eigenvalue weighted by Crippen LogP contribution is -2.33. The summed E-state index contributed by atoms with van der Waals surface area (Å²) in [6.07, 6.45) is 1.45. The summed E-state index contributed by atoms with van der Waals surface area (Å²) in [7, 11) is 1.61. The highest BCUT2D eigenvalue weighted by Crippen LogP contribution is 2.27. The summed E-state index contributed by atoms with van der Waals surface area (Å²) in [5.74, 6) is 0.768. The summed E-state index contributed by atoms with van der Waals surface area (Å²) < 4.78 is 10.2. The van der Waals surface area contributed by atoms with E-state index in [0.29, 0.717) is 13.2 Å². The van der Waals surface area contributed by atoms with E-state index in [1.165, 1.54) is 0 Å². The third-order valence-electron chi connectivity index (χ3n) is 3.05. The molecule has 1 saturated heterocycles. The molecular formula is C13H18N2O3. The Balaban J connectivity index is 2.14. The van der Waals surface area contributed by atoms with Crippen LogP contribution >= 0.6 is 0 Å². The van der Waals surface area contributed by atoms with Crippen molar-refractivity contribution < 1.29 is 14.3 Å². The number of carbonyl (C=O) groups is 1. The number of nitrogens with two attached hydrogens (primary N) is 1. The van der Waals surface area contributed by atoms with Gasteiger partial charge in [0.05, 0.1) is 13.2 Å². The van der Waals surface area contributed by atoms with Crippen LogP contribution in [0, 0.1) is 0 Å². The lowest BCUT2D eigenvalue weighted by Gasteiger charge is -2.21. The molecule has 0 spiro atoms. The minimum atomic E-state index is -0.290. The first-order chi connectivity index (χ1) is 8.76. The molecular weight excluding hydrogens is 232 g/mol. The van der Waals surface area contributed by atoms with Crippen molar-refractivity contribution >= 4 is 11.8 Å². The van der Waals surface area contributed by atoms with Gasteiger partial charge in [0.2, 0.25) is 0 Å². The second-order valence-corrected chi connectivity index (χ2v) is 4.23. The van der Waals surface area contributed by atoms with Crippen LogP contribution in [-0.2, 0) is 4.74 Å². The summed E-state index contributed by atoms with van der Waals surface area (Å²) >= 11 is 0. The van der Waals surface area contributed by atoms with Gasteiger partial charge in [0.15, 0.2) is 0 Å². The quantitative estimate of drug-likeness (QED) is 0.864. The number of hydrogen-bond donors (Lipinski definition) is 1. The van der Waals surface area contributed by atoms with Crippen molar-refractivity contribution in [1.82, 2.24) is 0 Å². The second kappa shape index (κ2) is 5.73. The Kier molecular flexibility index (Phi) is 4.04. The van der Waals surface area contributed by atoms with E-state index in [0.717, 1.165) is 24.3 Å². The lowest BCUT2D eigenvalue weighted by molar-refractivity contribution is 0.178. The number of nitrogens with zero attached hydrogens (tertiary/aromatic N) is 1. The number of cyclic esters (lactones) is 1. The summed E-state index contributed by atoms with van der Waals surface area (Å²) in [6.45, 7) is 1.06. The fourth-order valence-corrected chi connectivity index (χ4v) is 2.09. The van der Waals surface area contributed by atoms with E-state index < -0.39 is 0 Å². The zero-order valence-corrected chi connectivity index (χ0v) is 10.5. The van der Waals surface area contributed by atoms with Crippen molar-refractivity contribution in [3.8, 4) is 5.75 Å². The topological polar surface area (TPSA) is 64.8 Å². The predicted octanol–water partition coefficient (Wildman–Crippen LogP) is 1.76. The molecule has 1 fully saturated rings. The number of amides is 1. The molecule has 1 aromatic carbocycles. The molecule has 1 atom stereocenters. The molecule has 5 heteroatoms. The molecule has 18 heavy (non-hydrogen) atoms. The Morgan fingerprint density at radius 3 is 2.78 bits per heavy atom. The molecule has 0 aliphatic carbocycles. The maximum Gasteiger partial charge on any atom is 0.414 e. The van der Waals surface area contributed by atoms with Crippen LogP contribution in [0.5, 0.6) is 5.75 Å². The first-order valence-electron chi connectivity index (χ1n) is 6.06. The van der Waals surface area contributed by atoms with Crippen LogP contribution in [0.4, 0.5) is 10.5 Å². The highest BCUT2D eigenvalue weighted by atomic mass is 16.6. The van der Waals surface area contributed by atoms with Gasteiger partial charge in [-0.15, -0.1) is 0 Å².